The Morgan fingerprint density at radius 2 is 2.16 bits per heavy atom. The third-order valence-corrected chi connectivity index (χ3v) is 2.95. The van der Waals surface area contributed by atoms with Crippen LogP contribution in [0, 0.1) is 12.8 Å². The van der Waals surface area contributed by atoms with Crippen molar-refractivity contribution in [2.24, 2.45) is 5.92 Å². The number of rotatable bonds is 2. The lowest BCUT2D eigenvalue weighted by Crippen LogP contribution is -2.25. The Bertz CT molecular complexity index is 504. The first-order chi connectivity index (χ1) is 8.77. The molecule has 1 unspecified atom stereocenters. The summed E-state index contributed by atoms with van der Waals surface area (Å²) < 4.78 is 37.9. The summed E-state index contributed by atoms with van der Waals surface area (Å²) in [7, 11) is 0. The maximum atomic E-state index is 12.6. The molecular formula is C11H12F3N3O2. The number of hydrogen-bond donors (Lipinski definition) is 1. The van der Waals surface area contributed by atoms with Crippen molar-refractivity contribution in [1.82, 2.24) is 9.97 Å². The molecule has 1 aromatic rings. The summed E-state index contributed by atoms with van der Waals surface area (Å²) in [4.78, 5) is 19.7. The van der Waals surface area contributed by atoms with Crippen molar-refractivity contribution in [3.63, 3.8) is 0 Å². The van der Waals surface area contributed by atoms with Gasteiger partial charge in [0.05, 0.1) is 5.92 Å². The van der Waals surface area contributed by atoms with Crippen molar-refractivity contribution in [2.75, 3.05) is 18.0 Å². The smallest absolute Gasteiger partial charge is 0.433 e. The Morgan fingerprint density at radius 3 is 2.68 bits per heavy atom. The Balaban J connectivity index is 2.26. The summed E-state index contributed by atoms with van der Waals surface area (Å²) in [5.41, 5.74) is -0.801. The normalized spacial score (nSPS) is 19.8. The van der Waals surface area contributed by atoms with Gasteiger partial charge in [-0.25, -0.2) is 9.97 Å². The van der Waals surface area contributed by atoms with E-state index in [0.29, 0.717) is 13.0 Å². The van der Waals surface area contributed by atoms with Crippen LogP contribution in [0.4, 0.5) is 19.1 Å². The summed E-state index contributed by atoms with van der Waals surface area (Å²) in [5, 5.41) is 8.87. The maximum absolute atomic E-state index is 12.6. The van der Waals surface area contributed by atoms with E-state index in [9.17, 15) is 18.0 Å². The minimum Gasteiger partial charge on any atom is -0.481 e. The number of carboxylic acids is 1. The van der Waals surface area contributed by atoms with Gasteiger partial charge in [-0.1, -0.05) is 0 Å². The van der Waals surface area contributed by atoms with Crippen LogP contribution in [-0.4, -0.2) is 34.1 Å². The van der Waals surface area contributed by atoms with Gasteiger partial charge in [0.25, 0.3) is 0 Å². The summed E-state index contributed by atoms with van der Waals surface area (Å²) in [6.07, 6.45) is -4.15. The second kappa shape index (κ2) is 4.67. The van der Waals surface area contributed by atoms with Crippen molar-refractivity contribution >= 4 is 11.9 Å². The minimum absolute atomic E-state index is 0.0592. The number of aryl methyl sites for hydroxylation is 1. The third-order valence-electron chi connectivity index (χ3n) is 2.95. The first-order valence-corrected chi connectivity index (χ1v) is 5.68. The zero-order chi connectivity index (χ0) is 14.2. The molecule has 1 saturated heterocycles. The maximum Gasteiger partial charge on any atom is 0.433 e. The molecule has 1 aromatic heterocycles. The lowest BCUT2D eigenvalue weighted by molar-refractivity contribution is -0.142. The van der Waals surface area contributed by atoms with Crippen LogP contribution in [0.1, 0.15) is 17.8 Å². The number of aromatic nitrogens is 2. The SMILES string of the molecule is Cc1cc(C(F)(F)F)nc(N2CCC(C(=O)O)C2)n1. The molecule has 19 heavy (non-hydrogen) atoms. The first-order valence-electron chi connectivity index (χ1n) is 5.68. The number of anilines is 1. The fourth-order valence-electron chi connectivity index (χ4n) is 1.98. The Hall–Kier alpha value is -1.86. The lowest BCUT2D eigenvalue weighted by Gasteiger charge is -2.17. The standard InChI is InChI=1S/C11H12F3N3O2/c1-6-4-8(11(12,13)14)16-10(15-6)17-3-2-7(5-17)9(18)19/h4,7H,2-3,5H2,1H3,(H,18,19). The van der Waals surface area contributed by atoms with Gasteiger partial charge in [0, 0.05) is 18.8 Å². The summed E-state index contributed by atoms with van der Waals surface area (Å²) in [5.74, 6) is -1.60. The van der Waals surface area contributed by atoms with Crippen molar-refractivity contribution in [2.45, 2.75) is 19.5 Å². The topological polar surface area (TPSA) is 66.3 Å². The van der Waals surface area contributed by atoms with E-state index in [0.717, 1.165) is 6.07 Å². The van der Waals surface area contributed by atoms with E-state index in [1.165, 1.54) is 11.8 Å². The third kappa shape index (κ3) is 2.94. The van der Waals surface area contributed by atoms with Gasteiger partial charge < -0.3 is 10.0 Å². The highest BCUT2D eigenvalue weighted by Gasteiger charge is 2.35. The van der Waals surface area contributed by atoms with Crippen LogP contribution >= 0.6 is 0 Å². The van der Waals surface area contributed by atoms with Crippen LogP contribution in [0.3, 0.4) is 0 Å². The molecule has 1 N–H and O–H groups in total. The van der Waals surface area contributed by atoms with Gasteiger partial charge in [-0.05, 0) is 19.4 Å². The first kappa shape index (κ1) is 13.6. The van der Waals surface area contributed by atoms with Gasteiger partial charge in [0.2, 0.25) is 5.95 Å². The Morgan fingerprint density at radius 1 is 1.47 bits per heavy atom. The number of aliphatic carboxylic acids is 1. The van der Waals surface area contributed by atoms with E-state index < -0.39 is 23.8 Å². The molecule has 0 radical (unpaired) electrons. The van der Waals surface area contributed by atoms with E-state index in [-0.39, 0.29) is 18.2 Å². The molecule has 0 bridgehead atoms. The number of carboxylic acid groups (broad SMARTS) is 1. The van der Waals surface area contributed by atoms with E-state index in [4.69, 9.17) is 5.11 Å². The highest BCUT2D eigenvalue weighted by Crippen LogP contribution is 2.30. The molecule has 1 aliphatic heterocycles. The van der Waals surface area contributed by atoms with E-state index in [1.54, 1.807) is 0 Å². The van der Waals surface area contributed by atoms with Gasteiger partial charge in [-0.2, -0.15) is 13.2 Å². The highest BCUT2D eigenvalue weighted by atomic mass is 19.4. The number of hydrogen-bond acceptors (Lipinski definition) is 4. The molecule has 5 nitrogen and oxygen atoms in total. The fourth-order valence-corrected chi connectivity index (χ4v) is 1.98. The van der Waals surface area contributed by atoms with Crippen LogP contribution < -0.4 is 4.90 Å². The van der Waals surface area contributed by atoms with Crippen molar-refractivity contribution < 1.29 is 23.1 Å². The molecule has 0 spiro atoms. The molecular weight excluding hydrogens is 263 g/mol. The quantitative estimate of drug-likeness (QED) is 0.890. The lowest BCUT2D eigenvalue weighted by atomic mass is 10.1. The molecule has 0 aliphatic carbocycles. The van der Waals surface area contributed by atoms with Crippen molar-refractivity contribution in [1.29, 1.82) is 0 Å². The number of nitrogens with zero attached hydrogens (tertiary/aromatic N) is 3. The van der Waals surface area contributed by atoms with Gasteiger partial charge >= 0.3 is 12.1 Å². The van der Waals surface area contributed by atoms with Crippen LogP contribution in [0.2, 0.25) is 0 Å². The largest absolute Gasteiger partial charge is 0.481 e. The monoisotopic (exact) mass is 275 g/mol. The second-order valence-electron chi connectivity index (χ2n) is 4.46. The zero-order valence-electron chi connectivity index (χ0n) is 10.1. The zero-order valence-corrected chi connectivity index (χ0v) is 10.1. The van der Waals surface area contributed by atoms with Crippen molar-refractivity contribution in [3.05, 3.63) is 17.5 Å². The van der Waals surface area contributed by atoms with E-state index >= 15 is 0 Å². The van der Waals surface area contributed by atoms with Gasteiger partial charge in [0.15, 0.2) is 0 Å². The summed E-state index contributed by atoms with van der Waals surface area (Å²) in [6, 6.07) is 0.869. The average Bonchev–Trinajstić information content (AvgIpc) is 2.76. The van der Waals surface area contributed by atoms with Gasteiger partial charge in [-0.15, -0.1) is 0 Å². The van der Waals surface area contributed by atoms with Crippen LogP contribution in [0.5, 0.6) is 0 Å². The van der Waals surface area contributed by atoms with Gasteiger partial charge in [0.1, 0.15) is 5.69 Å². The fraction of sp³-hybridized carbons (Fsp3) is 0.545. The summed E-state index contributed by atoms with van der Waals surface area (Å²) in [6.45, 7) is 1.93. The highest BCUT2D eigenvalue weighted by molar-refractivity contribution is 5.71. The Labute approximate surface area is 107 Å². The molecule has 1 aliphatic rings. The molecule has 0 saturated carbocycles. The second-order valence-corrected chi connectivity index (χ2v) is 4.46. The minimum atomic E-state index is -4.53. The molecule has 1 fully saturated rings. The molecule has 1 atom stereocenters. The number of carbonyl (C=O) groups is 1. The summed E-state index contributed by atoms with van der Waals surface area (Å²) >= 11 is 0. The van der Waals surface area contributed by atoms with Crippen LogP contribution in [0.15, 0.2) is 6.07 Å². The molecule has 2 rings (SSSR count). The van der Waals surface area contributed by atoms with Crippen LogP contribution in [0.25, 0.3) is 0 Å². The van der Waals surface area contributed by atoms with Crippen LogP contribution in [-0.2, 0) is 11.0 Å². The number of alkyl halides is 3. The molecule has 104 valence electrons. The predicted octanol–water partition coefficient (Wildman–Crippen LogP) is 1.71. The van der Waals surface area contributed by atoms with Crippen molar-refractivity contribution in [3.8, 4) is 0 Å². The molecule has 2 heterocycles. The van der Waals surface area contributed by atoms with E-state index in [1.807, 2.05) is 0 Å². The predicted molar refractivity (Wildman–Crippen MR) is 59.7 cm³/mol. The number of halogens is 3. The molecule has 0 amide bonds. The molecule has 0 aromatic carbocycles. The van der Waals surface area contributed by atoms with Gasteiger partial charge in [-0.3, -0.25) is 4.79 Å². The average molecular weight is 275 g/mol. The molecule has 8 heteroatoms. The Kier molecular flexibility index (Phi) is 3.34. The van der Waals surface area contributed by atoms with E-state index in [2.05, 4.69) is 9.97 Å².